The molecule has 1 aromatic rings. The van der Waals surface area contributed by atoms with Crippen molar-refractivity contribution in [1.82, 2.24) is 0 Å². The molecule has 1 aliphatic heterocycles. The van der Waals surface area contributed by atoms with E-state index in [9.17, 15) is 13.6 Å². The monoisotopic (exact) mass is 258 g/mol. The fourth-order valence-corrected chi connectivity index (χ4v) is 1.80. The molecule has 0 saturated carbocycles. The number of alkyl halides is 2. The summed E-state index contributed by atoms with van der Waals surface area (Å²) in [5.74, 6) is -0.339. The van der Waals surface area contributed by atoms with Crippen LogP contribution in [0.4, 0.5) is 8.78 Å². The molecule has 0 aromatic heterocycles. The predicted molar refractivity (Wildman–Crippen MR) is 58.3 cm³/mol. The standard InChI is InChI=1S/C12H12F2O4/c13-12(14)8-5-7(1-2-10(15)16)11-9(6-8)17-3-4-18-11/h5-6,12H,1-4H2,(H,15,16). The SMILES string of the molecule is O=C(O)CCc1cc(C(F)F)cc2c1OCCO2. The van der Waals surface area contributed by atoms with Gasteiger partial charge < -0.3 is 14.6 Å². The van der Waals surface area contributed by atoms with Crippen molar-refractivity contribution in [2.24, 2.45) is 0 Å². The lowest BCUT2D eigenvalue weighted by Gasteiger charge is -2.22. The summed E-state index contributed by atoms with van der Waals surface area (Å²) in [6.07, 6.45) is -2.62. The maximum atomic E-state index is 12.7. The molecule has 0 saturated heterocycles. The molecule has 0 atom stereocenters. The van der Waals surface area contributed by atoms with E-state index in [1.54, 1.807) is 0 Å². The maximum Gasteiger partial charge on any atom is 0.303 e. The number of aliphatic carboxylic acids is 1. The van der Waals surface area contributed by atoms with Gasteiger partial charge in [-0.25, -0.2) is 8.78 Å². The molecule has 2 rings (SSSR count). The normalized spacial score (nSPS) is 13.7. The molecular weight excluding hydrogens is 246 g/mol. The first-order valence-electron chi connectivity index (χ1n) is 5.50. The smallest absolute Gasteiger partial charge is 0.303 e. The molecule has 1 aromatic carbocycles. The molecule has 0 aliphatic carbocycles. The first-order valence-corrected chi connectivity index (χ1v) is 5.50. The Morgan fingerprint density at radius 3 is 2.72 bits per heavy atom. The molecule has 0 bridgehead atoms. The van der Waals surface area contributed by atoms with Crippen LogP contribution in [0.15, 0.2) is 12.1 Å². The molecular formula is C12H12F2O4. The van der Waals surface area contributed by atoms with Gasteiger partial charge in [0.2, 0.25) is 0 Å². The van der Waals surface area contributed by atoms with Crippen LogP contribution in [0.2, 0.25) is 0 Å². The second-order valence-electron chi connectivity index (χ2n) is 3.90. The van der Waals surface area contributed by atoms with Crippen LogP contribution in [0.25, 0.3) is 0 Å². The number of carboxylic acid groups (broad SMARTS) is 1. The van der Waals surface area contributed by atoms with E-state index in [0.29, 0.717) is 24.5 Å². The van der Waals surface area contributed by atoms with Crippen molar-refractivity contribution in [3.8, 4) is 11.5 Å². The van der Waals surface area contributed by atoms with Gasteiger partial charge in [-0.1, -0.05) is 0 Å². The van der Waals surface area contributed by atoms with Crippen LogP contribution in [-0.4, -0.2) is 24.3 Å². The maximum absolute atomic E-state index is 12.7. The van der Waals surface area contributed by atoms with Crippen molar-refractivity contribution < 1.29 is 28.2 Å². The molecule has 0 unspecified atom stereocenters. The van der Waals surface area contributed by atoms with Crippen molar-refractivity contribution in [2.45, 2.75) is 19.3 Å². The first kappa shape index (κ1) is 12.6. The van der Waals surface area contributed by atoms with Gasteiger partial charge in [-0.05, 0) is 24.1 Å². The summed E-state index contributed by atoms with van der Waals surface area (Å²) in [4.78, 5) is 10.5. The van der Waals surface area contributed by atoms with Crippen LogP contribution in [0.1, 0.15) is 24.0 Å². The third-order valence-corrected chi connectivity index (χ3v) is 2.60. The lowest BCUT2D eigenvalue weighted by molar-refractivity contribution is -0.136. The highest BCUT2D eigenvalue weighted by molar-refractivity contribution is 5.67. The Morgan fingerprint density at radius 2 is 2.06 bits per heavy atom. The highest BCUT2D eigenvalue weighted by atomic mass is 19.3. The molecule has 98 valence electrons. The number of hydrogen-bond donors (Lipinski definition) is 1. The predicted octanol–water partition coefficient (Wildman–Crippen LogP) is 2.41. The van der Waals surface area contributed by atoms with Crippen molar-refractivity contribution in [2.75, 3.05) is 13.2 Å². The average Bonchev–Trinajstić information content (AvgIpc) is 2.35. The van der Waals surface area contributed by atoms with E-state index in [2.05, 4.69) is 0 Å². The van der Waals surface area contributed by atoms with E-state index in [4.69, 9.17) is 14.6 Å². The molecule has 18 heavy (non-hydrogen) atoms. The zero-order chi connectivity index (χ0) is 13.1. The highest BCUT2D eigenvalue weighted by Gasteiger charge is 2.21. The second-order valence-corrected chi connectivity index (χ2v) is 3.90. The Bertz CT molecular complexity index is 460. The summed E-state index contributed by atoms with van der Waals surface area (Å²) in [6.45, 7) is 0.638. The average molecular weight is 258 g/mol. The van der Waals surface area contributed by atoms with Crippen LogP contribution in [0.5, 0.6) is 11.5 Å². The van der Waals surface area contributed by atoms with Crippen LogP contribution < -0.4 is 9.47 Å². The van der Waals surface area contributed by atoms with Gasteiger partial charge in [0.05, 0.1) is 0 Å². The van der Waals surface area contributed by atoms with Gasteiger partial charge in [0.1, 0.15) is 13.2 Å². The number of hydrogen-bond acceptors (Lipinski definition) is 3. The quantitative estimate of drug-likeness (QED) is 0.901. The van der Waals surface area contributed by atoms with Crippen LogP contribution in [-0.2, 0) is 11.2 Å². The van der Waals surface area contributed by atoms with Gasteiger partial charge in [-0.3, -0.25) is 4.79 Å². The van der Waals surface area contributed by atoms with Crippen molar-refractivity contribution in [3.05, 3.63) is 23.3 Å². The molecule has 0 amide bonds. The Kier molecular flexibility index (Phi) is 3.64. The zero-order valence-corrected chi connectivity index (χ0v) is 9.49. The largest absolute Gasteiger partial charge is 0.486 e. The number of aryl methyl sites for hydroxylation is 1. The Hall–Kier alpha value is -1.85. The van der Waals surface area contributed by atoms with Crippen LogP contribution >= 0.6 is 0 Å². The number of carbonyl (C=O) groups is 1. The molecule has 0 radical (unpaired) electrons. The molecule has 6 heteroatoms. The van der Waals surface area contributed by atoms with Gasteiger partial charge in [0, 0.05) is 12.0 Å². The topological polar surface area (TPSA) is 55.8 Å². The number of fused-ring (bicyclic) bond motifs is 1. The van der Waals surface area contributed by atoms with Gasteiger partial charge in [-0.2, -0.15) is 0 Å². The van der Waals surface area contributed by atoms with E-state index in [-0.39, 0.29) is 24.2 Å². The van der Waals surface area contributed by atoms with E-state index < -0.39 is 12.4 Å². The van der Waals surface area contributed by atoms with Crippen molar-refractivity contribution in [1.29, 1.82) is 0 Å². The molecule has 1 aliphatic rings. The summed E-state index contributed by atoms with van der Waals surface area (Å²) < 4.78 is 36.0. The minimum atomic E-state index is -2.62. The van der Waals surface area contributed by atoms with E-state index in [1.165, 1.54) is 12.1 Å². The van der Waals surface area contributed by atoms with E-state index in [1.807, 2.05) is 0 Å². The minimum Gasteiger partial charge on any atom is -0.486 e. The molecule has 1 N–H and O–H groups in total. The Labute approximate surface area is 102 Å². The van der Waals surface area contributed by atoms with Gasteiger partial charge in [-0.15, -0.1) is 0 Å². The third-order valence-electron chi connectivity index (χ3n) is 2.60. The fraction of sp³-hybridized carbons (Fsp3) is 0.417. The zero-order valence-electron chi connectivity index (χ0n) is 9.49. The van der Waals surface area contributed by atoms with Gasteiger partial charge in [0.15, 0.2) is 11.5 Å². The molecule has 0 spiro atoms. The number of benzene rings is 1. The third kappa shape index (κ3) is 2.69. The first-order chi connectivity index (χ1) is 8.58. The highest BCUT2D eigenvalue weighted by Crippen LogP contribution is 2.38. The van der Waals surface area contributed by atoms with E-state index >= 15 is 0 Å². The lowest BCUT2D eigenvalue weighted by Crippen LogP contribution is -2.17. The Balaban J connectivity index is 2.34. The summed E-state index contributed by atoms with van der Waals surface area (Å²) in [6, 6.07) is 2.52. The van der Waals surface area contributed by atoms with Crippen LogP contribution in [0.3, 0.4) is 0 Å². The van der Waals surface area contributed by atoms with Crippen molar-refractivity contribution >= 4 is 5.97 Å². The molecule has 0 fully saturated rings. The fourth-order valence-electron chi connectivity index (χ4n) is 1.80. The molecule has 1 heterocycles. The minimum absolute atomic E-state index is 0.136. The summed E-state index contributed by atoms with van der Waals surface area (Å²) >= 11 is 0. The summed E-state index contributed by atoms with van der Waals surface area (Å²) in [7, 11) is 0. The lowest BCUT2D eigenvalue weighted by atomic mass is 10.0. The van der Waals surface area contributed by atoms with Crippen molar-refractivity contribution in [3.63, 3.8) is 0 Å². The Morgan fingerprint density at radius 1 is 1.33 bits per heavy atom. The van der Waals surface area contributed by atoms with E-state index in [0.717, 1.165) is 0 Å². The number of halogens is 2. The summed E-state index contributed by atoms with van der Waals surface area (Å²) in [5, 5.41) is 8.64. The van der Waals surface area contributed by atoms with Gasteiger partial charge >= 0.3 is 5.97 Å². The van der Waals surface area contributed by atoms with Crippen LogP contribution in [0, 0.1) is 0 Å². The number of carboxylic acids is 1. The second kappa shape index (κ2) is 5.20. The molecule has 4 nitrogen and oxygen atoms in total. The number of rotatable bonds is 4. The van der Waals surface area contributed by atoms with Gasteiger partial charge in [0.25, 0.3) is 6.43 Å². The summed E-state index contributed by atoms with van der Waals surface area (Å²) in [5.41, 5.74) is 0.268. The number of ether oxygens (including phenoxy) is 2.